The minimum Gasteiger partial charge on any atom is -0.487 e. The summed E-state index contributed by atoms with van der Waals surface area (Å²) >= 11 is 1.51. The summed E-state index contributed by atoms with van der Waals surface area (Å²) in [6.07, 6.45) is 0.678. The van der Waals surface area contributed by atoms with Gasteiger partial charge in [-0.15, -0.1) is 0 Å². The Labute approximate surface area is 156 Å². The number of ether oxygens (including phenoxy) is 1. The van der Waals surface area contributed by atoms with Crippen LogP contribution in [0.15, 0.2) is 41.1 Å². The van der Waals surface area contributed by atoms with Gasteiger partial charge in [0.05, 0.1) is 12.1 Å². The molecule has 0 bridgehead atoms. The average Bonchev–Trinajstić information content (AvgIpc) is 3.27. The van der Waals surface area contributed by atoms with Crippen LogP contribution < -0.4 is 10.1 Å². The van der Waals surface area contributed by atoms with Crippen LogP contribution in [0, 0.1) is 13.8 Å². The number of benzene rings is 1. The van der Waals surface area contributed by atoms with E-state index in [0.717, 1.165) is 34.7 Å². The van der Waals surface area contributed by atoms with Crippen molar-refractivity contribution >= 4 is 17.2 Å². The predicted octanol–water partition coefficient (Wildman–Crippen LogP) is 3.56. The second kappa shape index (κ2) is 6.88. The van der Waals surface area contributed by atoms with Crippen molar-refractivity contribution in [2.75, 3.05) is 6.54 Å². The largest absolute Gasteiger partial charge is 0.487 e. The van der Waals surface area contributed by atoms with Crippen molar-refractivity contribution in [2.45, 2.75) is 26.4 Å². The summed E-state index contributed by atoms with van der Waals surface area (Å²) in [5.41, 5.74) is 4.58. The summed E-state index contributed by atoms with van der Waals surface area (Å²) in [5, 5.41) is 6.69. The lowest BCUT2D eigenvalue weighted by atomic mass is 10.1. The monoisotopic (exact) mass is 365 g/mol. The van der Waals surface area contributed by atoms with Crippen molar-refractivity contribution in [3.05, 3.63) is 63.6 Å². The van der Waals surface area contributed by atoms with Gasteiger partial charge >= 0.3 is 0 Å². The van der Waals surface area contributed by atoms with E-state index in [9.17, 15) is 4.79 Å². The number of hydrogen-bond donors (Lipinski definition) is 1. The van der Waals surface area contributed by atoms with E-state index in [-0.39, 0.29) is 12.0 Å². The van der Waals surface area contributed by atoms with Gasteiger partial charge in [0.25, 0.3) is 5.91 Å². The maximum Gasteiger partial charge on any atom is 0.252 e. The molecule has 0 spiro atoms. The van der Waals surface area contributed by atoms with Gasteiger partial charge in [0.2, 0.25) is 0 Å². The van der Waals surface area contributed by atoms with Crippen LogP contribution in [0.2, 0.25) is 0 Å². The minimum atomic E-state index is -0.0837. The maximum atomic E-state index is 12.1. The van der Waals surface area contributed by atoms with Gasteiger partial charge in [-0.2, -0.15) is 11.3 Å². The number of nitrogens with zero attached hydrogens (tertiary/aromatic N) is 2. The smallest absolute Gasteiger partial charge is 0.252 e. The van der Waals surface area contributed by atoms with Gasteiger partial charge in [-0.1, -0.05) is 12.1 Å². The number of thiophene rings is 1. The first kappa shape index (κ1) is 16.7. The lowest BCUT2D eigenvalue weighted by Gasteiger charge is -2.13. The van der Waals surface area contributed by atoms with E-state index in [2.05, 4.69) is 21.4 Å². The molecule has 1 aliphatic rings. The number of nitrogens with one attached hydrogen (secondary N) is 1. The number of para-hydroxylation sites is 1. The maximum absolute atomic E-state index is 12.1. The molecule has 6 heteroatoms. The summed E-state index contributed by atoms with van der Waals surface area (Å²) < 4.78 is 6.15. The first-order valence-electron chi connectivity index (χ1n) is 8.52. The molecular weight excluding hydrogens is 346 g/mol. The average molecular weight is 365 g/mol. The van der Waals surface area contributed by atoms with Crippen LogP contribution in [-0.2, 0) is 6.42 Å². The third-order valence-corrected chi connectivity index (χ3v) is 5.01. The van der Waals surface area contributed by atoms with Crippen LogP contribution >= 0.6 is 11.3 Å². The molecule has 0 saturated carbocycles. The Balaban J connectivity index is 1.51. The molecule has 1 aromatic carbocycles. The van der Waals surface area contributed by atoms with E-state index >= 15 is 0 Å². The summed E-state index contributed by atoms with van der Waals surface area (Å²) in [7, 11) is 0. The first-order chi connectivity index (χ1) is 12.6. The van der Waals surface area contributed by atoms with Gasteiger partial charge in [0.15, 0.2) is 5.82 Å². The highest BCUT2D eigenvalue weighted by molar-refractivity contribution is 7.08. The molecule has 2 aromatic heterocycles. The minimum absolute atomic E-state index is 0.0660. The molecule has 0 radical (unpaired) electrons. The summed E-state index contributed by atoms with van der Waals surface area (Å²) in [4.78, 5) is 21.2. The number of carbonyl (C=O) groups excluding carboxylic acids is 1. The van der Waals surface area contributed by atoms with Crippen molar-refractivity contribution in [2.24, 2.45) is 0 Å². The molecule has 1 N–H and O–H groups in total. The van der Waals surface area contributed by atoms with E-state index in [1.54, 1.807) is 0 Å². The van der Waals surface area contributed by atoms with Crippen molar-refractivity contribution in [1.29, 1.82) is 0 Å². The molecule has 5 nitrogen and oxygen atoms in total. The molecule has 1 unspecified atom stereocenters. The molecule has 0 saturated heterocycles. The predicted molar refractivity (Wildman–Crippen MR) is 102 cm³/mol. The zero-order valence-electron chi connectivity index (χ0n) is 14.7. The lowest BCUT2D eigenvalue weighted by Crippen LogP contribution is -2.34. The van der Waals surface area contributed by atoms with Crippen molar-refractivity contribution in [3.8, 4) is 17.1 Å². The third-order valence-electron chi connectivity index (χ3n) is 4.33. The molecule has 0 aliphatic carbocycles. The first-order valence-corrected chi connectivity index (χ1v) is 9.46. The number of carbonyl (C=O) groups is 1. The Hall–Kier alpha value is -2.73. The molecule has 26 heavy (non-hydrogen) atoms. The topological polar surface area (TPSA) is 64.1 Å². The third kappa shape index (κ3) is 3.32. The van der Waals surface area contributed by atoms with Gasteiger partial charge in [0.1, 0.15) is 11.9 Å². The zero-order valence-corrected chi connectivity index (χ0v) is 15.5. The molecule has 1 aliphatic heterocycles. The fraction of sp³-hybridized carbons (Fsp3) is 0.250. The van der Waals surface area contributed by atoms with E-state index in [1.165, 1.54) is 11.3 Å². The normalized spacial score (nSPS) is 15.4. The van der Waals surface area contributed by atoms with Crippen LogP contribution in [0.25, 0.3) is 11.4 Å². The lowest BCUT2D eigenvalue weighted by molar-refractivity contribution is 0.0934. The highest BCUT2D eigenvalue weighted by Gasteiger charge is 2.27. The second-order valence-electron chi connectivity index (χ2n) is 6.43. The molecule has 0 fully saturated rings. The Bertz CT molecular complexity index is 933. The van der Waals surface area contributed by atoms with Crippen molar-refractivity contribution < 1.29 is 9.53 Å². The van der Waals surface area contributed by atoms with Crippen LogP contribution in [0.4, 0.5) is 0 Å². The van der Waals surface area contributed by atoms with Gasteiger partial charge in [-0.3, -0.25) is 4.79 Å². The Morgan fingerprint density at radius 2 is 2.08 bits per heavy atom. The molecule has 3 aromatic rings. The summed E-state index contributed by atoms with van der Waals surface area (Å²) in [6.45, 7) is 4.40. The van der Waals surface area contributed by atoms with E-state index in [4.69, 9.17) is 4.74 Å². The highest BCUT2D eigenvalue weighted by Crippen LogP contribution is 2.37. The molecule has 132 valence electrons. The highest BCUT2D eigenvalue weighted by atomic mass is 32.1. The number of amides is 1. The van der Waals surface area contributed by atoms with Gasteiger partial charge in [-0.05, 0) is 43.0 Å². The fourth-order valence-electron chi connectivity index (χ4n) is 3.18. The Morgan fingerprint density at radius 1 is 1.27 bits per heavy atom. The zero-order chi connectivity index (χ0) is 18.1. The molecule has 1 atom stereocenters. The molecule has 3 heterocycles. The van der Waals surface area contributed by atoms with Crippen molar-refractivity contribution in [3.63, 3.8) is 0 Å². The summed E-state index contributed by atoms with van der Waals surface area (Å²) in [6, 6.07) is 9.82. The standard InChI is InChI=1S/C20H19N3O2S/c1-12-8-13(2)23-19(22-12)17-5-3-4-14-9-16(25-18(14)17)10-21-20(24)15-6-7-26-11-15/h3-8,11,16H,9-10H2,1-2H3,(H,21,24). The quantitative estimate of drug-likeness (QED) is 0.768. The van der Waals surface area contributed by atoms with Crippen molar-refractivity contribution in [1.82, 2.24) is 15.3 Å². The van der Waals surface area contributed by atoms with Crippen LogP contribution in [0.5, 0.6) is 5.75 Å². The van der Waals surface area contributed by atoms with Crippen LogP contribution in [-0.4, -0.2) is 28.5 Å². The fourth-order valence-corrected chi connectivity index (χ4v) is 3.81. The van der Waals surface area contributed by atoms with E-state index in [1.807, 2.05) is 48.9 Å². The number of hydrogen-bond acceptors (Lipinski definition) is 5. The summed E-state index contributed by atoms with van der Waals surface area (Å²) in [5.74, 6) is 1.44. The van der Waals surface area contributed by atoms with Gasteiger partial charge in [-0.25, -0.2) is 9.97 Å². The SMILES string of the molecule is Cc1cc(C)nc(-c2cccc3c2OC(CNC(=O)c2ccsc2)C3)n1. The Kier molecular flexibility index (Phi) is 4.42. The number of rotatable bonds is 4. The van der Waals surface area contributed by atoms with Gasteiger partial charge in [0, 0.05) is 28.8 Å². The molecular formula is C20H19N3O2S. The van der Waals surface area contributed by atoms with E-state index < -0.39 is 0 Å². The van der Waals surface area contributed by atoms with E-state index in [0.29, 0.717) is 17.9 Å². The number of aryl methyl sites for hydroxylation is 2. The Morgan fingerprint density at radius 3 is 2.81 bits per heavy atom. The van der Waals surface area contributed by atoms with Crippen LogP contribution in [0.3, 0.4) is 0 Å². The molecule has 4 rings (SSSR count). The second-order valence-corrected chi connectivity index (χ2v) is 7.21. The number of fused-ring (bicyclic) bond motifs is 1. The van der Waals surface area contributed by atoms with Crippen LogP contribution in [0.1, 0.15) is 27.3 Å². The number of aromatic nitrogens is 2. The molecule has 1 amide bonds. The van der Waals surface area contributed by atoms with Gasteiger partial charge < -0.3 is 10.1 Å².